The summed E-state index contributed by atoms with van der Waals surface area (Å²) in [4.78, 5) is 17.8. The normalized spacial score (nSPS) is 19.7. The third-order valence-corrected chi connectivity index (χ3v) is 2.85. The van der Waals surface area contributed by atoms with Crippen molar-refractivity contribution < 1.29 is 9.63 Å². The van der Waals surface area contributed by atoms with Crippen LogP contribution in [0.1, 0.15) is 39.2 Å². The van der Waals surface area contributed by atoms with Crippen molar-refractivity contribution in [1.29, 1.82) is 0 Å². The zero-order valence-corrected chi connectivity index (χ0v) is 11.2. The molecule has 1 aromatic rings. The molecule has 1 unspecified atom stereocenters. The van der Waals surface area contributed by atoms with Crippen LogP contribution in [0.4, 0.5) is 5.69 Å². The Morgan fingerprint density at radius 2 is 2.00 bits per heavy atom. The van der Waals surface area contributed by atoms with Crippen molar-refractivity contribution in [3.8, 4) is 0 Å². The van der Waals surface area contributed by atoms with E-state index in [9.17, 15) is 4.79 Å². The minimum Gasteiger partial charge on any atom is -0.271 e. The highest BCUT2D eigenvalue weighted by molar-refractivity contribution is 6.31. The molecule has 0 aromatic heterocycles. The van der Waals surface area contributed by atoms with Gasteiger partial charge in [-0.15, -0.1) is 0 Å². The summed E-state index contributed by atoms with van der Waals surface area (Å²) in [7, 11) is 0. The highest BCUT2D eigenvalue weighted by atomic mass is 35.5. The van der Waals surface area contributed by atoms with E-state index in [2.05, 4.69) is 0 Å². The standard InChI is InChI=1S/C13H16ClNO2/c1-8-10-6-5-9(14)7-11(10)15(12(8)16)17-13(2,3)4/h5-8H,1-4H3. The minimum atomic E-state index is -0.417. The van der Waals surface area contributed by atoms with Crippen molar-refractivity contribution in [2.75, 3.05) is 5.06 Å². The number of fused-ring (bicyclic) bond motifs is 1. The van der Waals surface area contributed by atoms with Gasteiger partial charge in [-0.2, -0.15) is 5.06 Å². The highest BCUT2D eigenvalue weighted by Gasteiger charge is 2.37. The number of halogens is 1. The Morgan fingerprint density at radius 1 is 1.35 bits per heavy atom. The van der Waals surface area contributed by atoms with E-state index < -0.39 is 5.60 Å². The van der Waals surface area contributed by atoms with Crippen LogP contribution in [0.25, 0.3) is 0 Å². The Bertz CT molecular complexity index is 465. The number of nitrogens with zero attached hydrogens (tertiary/aromatic N) is 1. The number of hydrogen-bond donors (Lipinski definition) is 0. The van der Waals surface area contributed by atoms with Crippen LogP contribution in [0, 0.1) is 0 Å². The summed E-state index contributed by atoms with van der Waals surface area (Å²) in [6.45, 7) is 7.61. The van der Waals surface area contributed by atoms with Gasteiger partial charge in [0.2, 0.25) is 0 Å². The van der Waals surface area contributed by atoms with Crippen molar-refractivity contribution in [3.05, 3.63) is 28.8 Å². The predicted molar refractivity (Wildman–Crippen MR) is 68.2 cm³/mol. The fourth-order valence-corrected chi connectivity index (χ4v) is 2.02. The molecule has 0 spiro atoms. The summed E-state index contributed by atoms with van der Waals surface area (Å²) in [5.74, 6) is -0.221. The number of carbonyl (C=O) groups is 1. The Kier molecular flexibility index (Phi) is 2.92. The van der Waals surface area contributed by atoms with Crippen molar-refractivity contribution in [2.24, 2.45) is 0 Å². The first-order chi connectivity index (χ1) is 7.79. The minimum absolute atomic E-state index is 0.0443. The molecular weight excluding hydrogens is 238 g/mol. The van der Waals surface area contributed by atoms with Gasteiger partial charge < -0.3 is 0 Å². The lowest BCUT2D eigenvalue weighted by atomic mass is 10.0. The van der Waals surface area contributed by atoms with E-state index >= 15 is 0 Å². The fraction of sp³-hybridized carbons (Fsp3) is 0.462. The second-order valence-corrected chi connectivity index (χ2v) is 5.70. The molecule has 0 bridgehead atoms. The first kappa shape index (κ1) is 12.4. The molecular formula is C13H16ClNO2. The molecule has 1 aromatic carbocycles. The van der Waals surface area contributed by atoms with Gasteiger partial charge >= 0.3 is 0 Å². The maximum atomic E-state index is 12.1. The highest BCUT2D eigenvalue weighted by Crippen LogP contribution is 2.39. The number of benzene rings is 1. The first-order valence-electron chi connectivity index (χ1n) is 5.62. The predicted octanol–water partition coefficient (Wildman–Crippen LogP) is 3.52. The van der Waals surface area contributed by atoms with Crippen LogP contribution < -0.4 is 5.06 Å². The number of hydrogen-bond acceptors (Lipinski definition) is 2. The Morgan fingerprint density at radius 3 is 2.59 bits per heavy atom. The van der Waals surface area contributed by atoms with Crippen molar-refractivity contribution in [2.45, 2.75) is 39.2 Å². The molecule has 1 aliphatic heterocycles. The van der Waals surface area contributed by atoms with Gasteiger partial charge in [-0.25, -0.2) is 0 Å². The average Bonchev–Trinajstić information content (AvgIpc) is 2.42. The van der Waals surface area contributed by atoms with E-state index in [-0.39, 0.29) is 11.8 Å². The lowest BCUT2D eigenvalue weighted by molar-refractivity contribution is -0.131. The van der Waals surface area contributed by atoms with Crippen LogP contribution in [0.3, 0.4) is 0 Å². The zero-order chi connectivity index (χ0) is 12.8. The van der Waals surface area contributed by atoms with Gasteiger partial charge in [0.15, 0.2) is 0 Å². The maximum Gasteiger partial charge on any atom is 0.258 e. The lowest BCUT2D eigenvalue weighted by Crippen LogP contribution is -2.36. The second-order valence-electron chi connectivity index (χ2n) is 5.26. The number of amides is 1. The van der Waals surface area contributed by atoms with Gasteiger partial charge in [0.25, 0.3) is 5.91 Å². The molecule has 0 saturated heterocycles. The first-order valence-corrected chi connectivity index (χ1v) is 6.00. The third kappa shape index (κ3) is 2.31. The van der Waals surface area contributed by atoms with Gasteiger partial charge in [0, 0.05) is 5.02 Å². The fourth-order valence-electron chi connectivity index (χ4n) is 1.85. The molecule has 0 fully saturated rings. The Balaban J connectivity index is 2.43. The lowest BCUT2D eigenvalue weighted by Gasteiger charge is -2.27. The molecule has 17 heavy (non-hydrogen) atoms. The molecule has 0 N–H and O–H groups in total. The summed E-state index contributed by atoms with van der Waals surface area (Å²) < 4.78 is 0. The summed E-state index contributed by atoms with van der Waals surface area (Å²) in [6, 6.07) is 5.45. The van der Waals surface area contributed by atoms with Crippen LogP contribution in [0.5, 0.6) is 0 Å². The van der Waals surface area contributed by atoms with Gasteiger partial charge in [-0.05, 0) is 45.4 Å². The van der Waals surface area contributed by atoms with Gasteiger partial charge in [0.05, 0.1) is 17.2 Å². The Hall–Kier alpha value is -1.06. The molecule has 3 nitrogen and oxygen atoms in total. The Labute approximate surface area is 106 Å². The van der Waals surface area contributed by atoms with Crippen LogP contribution >= 0.6 is 11.6 Å². The maximum absolute atomic E-state index is 12.1. The summed E-state index contributed by atoms with van der Waals surface area (Å²) in [6.07, 6.45) is 0. The molecule has 1 amide bonds. The summed E-state index contributed by atoms with van der Waals surface area (Å²) in [5.41, 5.74) is 1.30. The quantitative estimate of drug-likeness (QED) is 0.766. The van der Waals surface area contributed by atoms with Crippen LogP contribution in [0.15, 0.2) is 18.2 Å². The average molecular weight is 254 g/mol. The molecule has 0 radical (unpaired) electrons. The van der Waals surface area contributed by atoms with E-state index in [1.165, 1.54) is 5.06 Å². The van der Waals surface area contributed by atoms with Crippen molar-refractivity contribution >= 4 is 23.2 Å². The molecule has 1 heterocycles. The molecule has 1 aliphatic rings. The molecule has 0 saturated carbocycles. The number of rotatable bonds is 1. The van der Waals surface area contributed by atoms with Crippen LogP contribution in [-0.2, 0) is 9.63 Å². The van der Waals surface area contributed by atoms with Crippen LogP contribution in [0.2, 0.25) is 5.02 Å². The molecule has 4 heteroatoms. The molecule has 1 atom stereocenters. The van der Waals surface area contributed by atoms with Crippen LogP contribution in [-0.4, -0.2) is 11.5 Å². The van der Waals surface area contributed by atoms with E-state index in [4.69, 9.17) is 16.4 Å². The molecule has 92 valence electrons. The van der Waals surface area contributed by atoms with Gasteiger partial charge in [0.1, 0.15) is 0 Å². The largest absolute Gasteiger partial charge is 0.271 e. The number of anilines is 1. The topological polar surface area (TPSA) is 29.5 Å². The summed E-state index contributed by atoms with van der Waals surface area (Å²) in [5, 5.41) is 1.97. The second kappa shape index (κ2) is 4.00. The molecule has 0 aliphatic carbocycles. The monoisotopic (exact) mass is 253 g/mol. The smallest absolute Gasteiger partial charge is 0.258 e. The van der Waals surface area contributed by atoms with Crippen molar-refractivity contribution in [3.63, 3.8) is 0 Å². The van der Waals surface area contributed by atoms with E-state index in [1.807, 2.05) is 33.8 Å². The van der Waals surface area contributed by atoms with E-state index in [0.29, 0.717) is 5.02 Å². The van der Waals surface area contributed by atoms with E-state index in [1.54, 1.807) is 12.1 Å². The SMILES string of the molecule is CC1C(=O)N(OC(C)(C)C)c2cc(Cl)ccc21. The zero-order valence-electron chi connectivity index (χ0n) is 10.5. The third-order valence-electron chi connectivity index (χ3n) is 2.61. The number of hydroxylamine groups is 1. The molecule has 2 rings (SSSR count). The van der Waals surface area contributed by atoms with E-state index in [0.717, 1.165) is 11.3 Å². The summed E-state index contributed by atoms with van der Waals surface area (Å²) >= 11 is 5.96. The number of carbonyl (C=O) groups excluding carboxylic acids is 1. The van der Waals surface area contributed by atoms with Gasteiger partial charge in [-0.3, -0.25) is 9.63 Å². The van der Waals surface area contributed by atoms with Crippen molar-refractivity contribution in [1.82, 2.24) is 0 Å². The van der Waals surface area contributed by atoms with Gasteiger partial charge in [-0.1, -0.05) is 17.7 Å².